The summed E-state index contributed by atoms with van der Waals surface area (Å²) in [6.45, 7) is 12.4. The molecule has 1 aliphatic heterocycles. The van der Waals surface area contributed by atoms with E-state index in [2.05, 4.69) is 44.6 Å². The molecule has 2 heterocycles. The Kier molecular flexibility index (Phi) is 4.63. The number of hydrogen-bond acceptors (Lipinski definition) is 4. The Morgan fingerprint density at radius 1 is 1.48 bits per heavy atom. The fraction of sp³-hybridized carbons (Fsp3) is 0.812. The van der Waals surface area contributed by atoms with E-state index in [4.69, 9.17) is 10.5 Å². The number of anilines is 1. The molecule has 0 spiro atoms. The highest BCUT2D eigenvalue weighted by molar-refractivity contribution is 5.51. The highest BCUT2D eigenvalue weighted by Gasteiger charge is 2.34. The third-order valence-corrected chi connectivity index (χ3v) is 4.17. The summed E-state index contributed by atoms with van der Waals surface area (Å²) in [6.07, 6.45) is 2.09. The van der Waals surface area contributed by atoms with Gasteiger partial charge in [-0.3, -0.25) is 4.68 Å². The molecule has 2 atom stereocenters. The van der Waals surface area contributed by atoms with E-state index in [1.54, 1.807) is 0 Å². The number of morpholine rings is 1. The van der Waals surface area contributed by atoms with Crippen molar-refractivity contribution < 1.29 is 4.74 Å². The number of hydrogen-bond donors (Lipinski definition) is 1. The summed E-state index contributed by atoms with van der Waals surface area (Å²) in [5, 5.41) is 4.62. The third kappa shape index (κ3) is 3.58. The van der Waals surface area contributed by atoms with Crippen molar-refractivity contribution >= 4 is 5.82 Å². The van der Waals surface area contributed by atoms with Crippen LogP contribution < -0.4 is 10.6 Å². The van der Waals surface area contributed by atoms with Crippen molar-refractivity contribution in [1.29, 1.82) is 0 Å². The Bertz CT molecular complexity index is 495. The van der Waals surface area contributed by atoms with Crippen LogP contribution in [0.5, 0.6) is 0 Å². The topological polar surface area (TPSA) is 56.3 Å². The van der Waals surface area contributed by atoms with E-state index in [-0.39, 0.29) is 17.7 Å². The van der Waals surface area contributed by atoms with E-state index in [1.807, 2.05) is 11.7 Å². The van der Waals surface area contributed by atoms with Gasteiger partial charge in [0.25, 0.3) is 0 Å². The molecule has 2 rings (SSSR count). The zero-order chi connectivity index (χ0) is 15.8. The summed E-state index contributed by atoms with van der Waals surface area (Å²) in [7, 11) is 2.02. The molecule has 1 aliphatic rings. The lowest BCUT2D eigenvalue weighted by atomic mass is 10.0. The summed E-state index contributed by atoms with van der Waals surface area (Å²) in [4.78, 5) is 2.41. The van der Waals surface area contributed by atoms with Crippen LogP contribution in [0.1, 0.15) is 45.4 Å². The molecule has 0 bridgehead atoms. The molecule has 0 amide bonds. The molecule has 0 aromatic carbocycles. The van der Waals surface area contributed by atoms with Crippen LogP contribution >= 0.6 is 0 Å². The van der Waals surface area contributed by atoms with Gasteiger partial charge in [0.05, 0.1) is 17.4 Å². The maximum absolute atomic E-state index is 6.18. The van der Waals surface area contributed by atoms with Gasteiger partial charge in [-0.25, -0.2) is 0 Å². The molecular weight excluding hydrogens is 264 g/mol. The predicted molar refractivity (Wildman–Crippen MR) is 86.8 cm³/mol. The van der Waals surface area contributed by atoms with Gasteiger partial charge in [-0.05, 0) is 40.5 Å². The maximum atomic E-state index is 6.18. The van der Waals surface area contributed by atoms with Crippen LogP contribution in [-0.4, -0.2) is 40.6 Å². The van der Waals surface area contributed by atoms with Gasteiger partial charge >= 0.3 is 0 Å². The van der Waals surface area contributed by atoms with Crippen molar-refractivity contribution in [3.8, 4) is 0 Å². The van der Waals surface area contributed by atoms with Crippen LogP contribution in [0.2, 0.25) is 0 Å². The quantitative estimate of drug-likeness (QED) is 0.923. The van der Waals surface area contributed by atoms with Gasteiger partial charge in [0.1, 0.15) is 5.82 Å². The average Bonchev–Trinajstić information content (AvgIpc) is 2.61. The van der Waals surface area contributed by atoms with Crippen LogP contribution in [-0.2, 0) is 18.2 Å². The maximum Gasteiger partial charge on any atom is 0.130 e. The van der Waals surface area contributed by atoms with Gasteiger partial charge in [0.2, 0.25) is 0 Å². The number of nitrogens with zero attached hydrogens (tertiary/aromatic N) is 3. The van der Waals surface area contributed by atoms with Crippen molar-refractivity contribution in [2.45, 2.75) is 65.2 Å². The SMILES string of the molecule is CCC(N)Cc1c(C)nn(C)c1N1CC(C)OC(C)(C)C1. The highest BCUT2D eigenvalue weighted by atomic mass is 16.5. The van der Waals surface area contributed by atoms with Gasteiger partial charge in [-0.15, -0.1) is 0 Å². The second-order valence-electron chi connectivity index (χ2n) is 6.95. The van der Waals surface area contributed by atoms with E-state index >= 15 is 0 Å². The Morgan fingerprint density at radius 3 is 2.71 bits per heavy atom. The monoisotopic (exact) mass is 294 g/mol. The van der Waals surface area contributed by atoms with Crippen LogP contribution in [0.25, 0.3) is 0 Å². The molecular formula is C16H30N4O. The molecule has 21 heavy (non-hydrogen) atoms. The number of ether oxygens (including phenoxy) is 1. The second-order valence-corrected chi connectivity index (χ2v) is 6.95. The molecule has 1 fully saturated rings. The molecule has 0 aliphatic carbocycles. The molecule has 1 aromatic rings. The van der Waals surface area contributed by atoms with E-state index in [0.29, 0.717) is 0 Å². The number of rotatable bonds is 4. The molecule has 5 nitrogen and oxygen atoms in total. The van der Waals surface area contributed by atoms with E-state index < -0.39 is 0 Å². The Morgan fingerprint density at radius 2 is 2.14 bits per heavy atom. The number of nitrogens with two attached hydrogens (primary N) is 1. The molecule has 2 N–H and O–H groups in total. The van der Waals surface area contributed by atoms with Crippen molar-refractivity contribution in [3.05, 3.63) is 11.3 Å². The summed E-state index contributed by atoms with van der Waals surface area (Å²) in [5.74, 6) is 1.21. The van der Waals surface area contributed by atoms with Gasteiger partial charge in [0.15, 0.2) is 0 Å². The standard InChI is InChI=1S/C16H30N4O/c1-7-13(17)8-14-12(3)18-19(6)15(14)20-9-11(2)21-16(4,5)10-20/h11,13H,7-10,17H2,1-6H3. The first-order valence-electron chi connectivity index (χ1n) is 7.94. The smallest absolute Gasteiger partial charge is 0.130 e. The first kappa shape index (κ1) is 16.3. The minimum absolute atomic E-state index is 0.139. The van der Waals surface area contributed by atoms with Crippen LogP contribution in [0.3, 0.4) is 0 Å². The molecule has 5 heteroatoms. The lowest BCUT2D eigenvalue weighted by molar-refractivity contribution is -0.0753. The predicted octanol–water partition coefficient (Wildman–Crippen LogP) is 2.01. The van der Waals surface area contributed by atoms with Gasteiger partial charge < -0.3 is 15.4 Å². The van der Waals surface area contributed by atoms with Crippen LogP contribution in [0.4, 0.5) is 5.82 Å². The lowest BCUT2D eigenvalue weighted by Gasteiger charge is -2.43. The molecule has 0 saturated carbocycles. The first-order valence-corrected chi connectivity index (χ1v) is 7.94. The van der Waals surface area contributed by atoms with E-state index in [1.165, 1.54) is 11.4 Å². The fourth-order valence-electron chi connectivity index (χ4n) is 3.35. The Balaban J connectivity index is 2.34. The molecule has 120 valence electrons. The molecule has 1 aromatic heterocycles. The Labute approximate surface area is 128 Å². The summed E-state index contributed by atoms with van der Waals surface area (Å²) in [5.41, 5.74) is 8.42. The number of aryl methyl sites for hydroxylation is 2. The zero-order valence-corrected chi connectivity index (χ0v) is 14.3. The summed E-state index contributed by atoms with van der Waals surface area (Å²) < 4.78 is 8.02. The van der Waals surface area contributed by atoms with Crippen LogP contribution in [0.15, 0.2) is 0 Å². The minimum Gasteiger partial charge on any atom is -0.369 e. The number of aromatic nitrogens is 2. The second kappa shape index (κ2) is 5.97. The van der Waals surface area contributed by atoms with Gasteiger partial charge in [0, 0.05) is 31.7 Å². The van der Waals surface area contributed by atoms with Gasteiger partial charge in [-0.1, -0.05) is 6.92 Å². The first-order chi connectivity index (χ1) is 9.73. The largest absolute Gasteiger partial charge is 0.369 e. The minimum atomic E-state index is -0.139. The summed E-state index contributed by atoms with van der Waals surface area (Å²) in [6, 6.07) is 0.193. The van der Waals surface area contributed by atoms with E-state index in [0.717, 1.165) is 31.6 Å². The van der Waals surface area contributed by atoms with E-state index in [9.17, 15) is 0 Å². The molecule has 0 radical (unpaired) electrons. The van der Waals surface area contributed by atoms with Crippen molar-refractivity contribution in [2.75, 3.05) is 18.0 Å². The van der Waals surface area contributed by atoms with Gasteiger partial charge in [-0.2, -0.15) is 5.10 Å². The zero-order valence-electron chi connectivity index (χ0n) is 14.3. The van der Waals surface area contributed by atoms with Crippen LogP contribution in [0, 0.1) is 6.92 Å². The fourth-order valence-corrected chi connectivity index (χ4v) is 3.35. The third-order valence-electron chi connectivity index (χ3n) is 4.17. The van der Waals surface area contributed by atoms with Crippen molar-refractivity contribution in [1.82, 2.24) is 9.78 Å². The molecule has 2 unspecified atom stereocenters. The highest BCUT2D eigenvalue weighted by Crippen LogP contribution is 2.30. The molecule has 1 saturated heterocycles. The van der Waals surface area contributed by atoms with Crippen molar-refractivity contribution in [2.24, 2.45) is 12.8 Å². The average molecular weight is 294 g/mol. The summed E-state index contributed by atoms with van der Waals surface area (Å²) >= 11 is 0. The Hall–Kier alpha value is -1.07. The normalized spacial score (nSPS) is 23.4. The van der Waals surface area contributed by atoms with Crippen molar-refractivity contribution in [3.63, 3.8) is 0 Å². The lowest BCUT2D eigenvalue weighted by Crippen LogP contribution is -2.52.